The lowest BCUT2D eigenvalue weighted by atomic mass is 10.2. The Balaban J connectivity index is 1.89. The number of anilines is 1. The van der Waals surface area contributed by atoms with Crippen molar-refractivity contribution in [1.29, 1.82) is 0 Å². The van der Waals surface area contributed by atoms with Crippen LogP contribution in [0.4, 0.5) is 10.5 Å². The van der Waals surface area contributed by atoms with Crippen molar-refractivity contribution in [1.82, 2.24) is 14.5 Å². The summed E-state index contributed by atoms with van der Waals surface area (Å²) in [5, 5.41) is 3.74. The van der Waals surface area contributed by atoms with Crippen LogP contribution >= 0.6 is 0 Å². The summed E-state index contributed by atoms with van der Waals surface area (Å²) in [6, 6.07) is 9.37. The molecule has 0 aliphatic heterocycles. The second-order valence-electron chi connectivity index (χ2n) is 3.82. The lowest BCUT2D eigenvalue weighted by Crippen LogP contribution is -2.17. The maximum atomic E-state index is 11.8. The molecule has 0 atom stereocenters. The van der Waals surface area contributed by atoms with Crippen molar-refractivity contribution >= 4 is 22.6 Å². The van der Waals surface area contributed by atoms with E-state index in [0.29, 0.717) is 5.69 Å². The van der Waals surface area contributed by atoms with E-state index in [9.17, 15) is 4.79 Å². The Labute approximate surface area is 103 Å². The van der Waals surface area contributed by atoms with Crippen LogP contribution in [0.2, 0.25) is 0 Å². The highest BCUT2D eigenvalue weighted by atomic mass is 16.2. The van der Waals surface area contributed by atoms with E-state index < -0.39 is 0 Å². The smallest absolute Gasteiger partial charge is 0.306 e. The average Bonchev–Trinajstić information content (AvgIpc) is 2.92. The zero-order valence-electron chi connectivity index (χ0n) is 9.45. The summed E-state index contributed by atoms with van der Waals surface area (Å²) in [4.78, 5) is 19.9. The van der Waals surface area contributed by atoms with E-state index in [2.05, 4.69) is 15.3 Å². The molecule has 1 aromatic carbocycles. The molecule has 0 spiro atoms. The normalized spacial score (nSPS) is 10.4. The van der Waals surface area contributed by atoms with E-state index in [1.165, 1.54) is 10.9 Å². The van der Waals surface area contributed by atoms with Gasteiger partial charge in [0.2, 0.25) is 0 Å². The van der Waals surface area contributed by atoms with Crippen LogP contribution in [0.25, 0.3) is 10.9 Å². The summed E-state index contributed by atoms with van der Waals surface area (Å²) >= 11 is 0. The molecule has 0 radical (unpaired) electrons. The van der Waals surface area contributed by atoms with Gasteiger partial charge in [-0.15, -0.1) is 0 Å². The molecule has 0 aliphatic carbocycles. The molecule has 2 heterocycles. The fraction of sp³-hybridized carbons (Fsp3) is 0. The number of fused-ring (bicyclic) bond motifs is 1. The molecule has 0 unspecified atom stereocenters. The fourth-order valence-corrected chi connectivity index (χ4v) is 1.71. The van der Waals surface area contributed by atoms with Gasteiger partial charge in [0.1, 0.15) is 6.33 Å². The largest absolute Gasteiger partial charge is 0.331 e. The van der Waals surface area contributed by atoms with E-state index in [4.69, 9.17) is 0 Å². The van der Waals surface area contributed by atoms with Gasteiger partial charge in [0.25, 0.3) is 0 Å². The molecule has 88 valence electrons. The van der Waals surface area contributed by atoms with Crippen LogP contribution in [0.5, 0.6) is 0 Å². The van der Waals surface area contributed by atoms with Crippen LogP contribution in [0.3, 0.4) is 0 Å². The summed E-state index contributed by atoms with van der Waals surface area (Å²) in [5.74, 6) is 0. The van der Waals surface area contributed by atoms with E-state index in [1.54, 1.807) is 18.6 Å². The van der Waals surface area contributed by atoms with E-state index >= 15 is 0 Å². The van der Waals surface area contributed by atoms with Crippen LogP contribution in [-0.4, -0.2) is 20.6 Å². The molecule has 1 N–H and O–H groups in total. The van der Waals surface area contributed by atoms with Gasteiger partial charge in [-0.25, -0.2) is 9.78 Å². The number of imidazole rings is 1. The lowest BCUT2D eigenvalue weighted by Gasteiger charge is -2.05. The van der Waals surface area contributed by atoms with Crippen molar-refractivity contribution in [3.63, 3.8) is 0 Å². The minimum Gasteiger partial charge on any atom is -0.306 e. The molecule has 1 amide bonds. The van der Waals surface area contributed by atoms with Crippen LogP contribution in [0.1, 0.15) is 0 Å². The fourth-order valence-electron chi connectivity index (χ4n) is 1.71. The molecule has 0 saturated carbocycles. The Kier molecular flexibility index (Phi) is 2.49. The van der Waals surface area contributed by atoms with Gasteiger partial charge in [-0.05, 0) is 12.1 Å². The van der Waals surface area contributed by atoms with Gasteiger partial charge in [0, 0.05) is 17.8 Å². The minimum absolute atomic E-state index is 0.260. The number of nitrogens with one attached hydrogen (secondary N) is 1. The number of carbonyl (C=O) groups is 1. The van der Waals surface area contributed by atoms with Gasteiger partial charge >= 0.3 is 6.03 Å². The Bertz CT molecular complexity index is 691. The number of para-hydroxylation sites is 1. The highest BCUT2D eigenvalue weighted by Gasteiger charge is 2.04. The van der Waals surface area contributed by atoms with Crippen LogP contribution in [0.15, 0.2) is 55.2 Å². The molecule has 3 aromatic rings. The first kappa shape index (κ1) is 10.5. The summed E-state index contributed by atoms with van der Waals surface area (Å²) < 4.78 is 1.37. The number of aromatic nitrogens is 3. The third-order valence-corrected chi connectivity index (χ3v) is 2.58. The molecule has 0 aliphatic rings. The highest BCUT2D eigenvalue weighted by Crippen LogP contribution is 2.16. The molecule has 0 saturated heterocycles. The van der Waals surface area contributed by atoms with Crippen molar-refractivity contribution in [3.8, 4) is 0 Å². The topological polar surface area (TPSA) is 59.8 Å². The van der Waals surface area contributed by atoms with Crippen LogP contribution < -0.4 is 5.32 Å². The second-order valence-corrected chi connectivity index (χ2v) is 3.82. The van der Waals surface area contributed by atoms with Crippen molar-refractivity contribution in [2.24, 2.45) is 0 Å². The zero-order chi connectivity index (χ0) is 12.4. The average molecular weight is 238 g/mol. The number of pyridine rings is 1. The molecule has 18 heavy (non-hydrogen) atoms. The van der Waals surface area contributed by atoms with Gasteiger partial charge in [-0.3, -0.25) is 9.55 Å². The number of benzene rings is 1. The Morgan fingerprint density at radius 3 is 3.00 bits per heavy atom. The zero-order valence-corrected chi connectivity index (χ0v) is 9.45. The van der Waals surface area contributed by atoms with E-state index in [-0.39, 0.29) is 6.03 Å². The van der Waals surface area contributed by atoms with Crippen molar-refractivity contribution in [2.45, 2.75) is 0 Å². The van der Waals surface area contributed by atoms with Gasteiger partial charge in [-0.2, -0.15) is 0 Å². The Morgan fingerprint density at radius 1 is 1.28 bits per heavy atom. The summed E-state index contributed by atoms with van der Waals surface area (Å²) in [7, 11) is 0. The third kappa shape index (κ3) is 1.93. The molecule has 3 rings (SSSR count). The van der Waals surface area contributed by atoms with Gasteiger partial charge < -0.3 is 5.32 Å². The van der Waals surface area contributed by atoms with Gasteiger partial charge in [-0.1, -0.05) is 18.2 Å². The Morgan fingerprint density at radius 2 is 2.17 bits per heavy atom. The molecule has 0 fully saturated rings. The quantitative estimate of drug-likeness (QED) is 0.708. The van der Waals surface area contributed by atoms with Gasteiger partial charge in [0.15, 0.2) is 0 Å². The summed E-state index contributed by atoms with van der Waals surface area (Å²) in [5.41, 5.74) is 1.56. The number of hydrogen-bond acceptors (Lipinski definition) is 3. The molecule has 2 aromatic heterocycles. The molecule has 5 heteroatoms. The number of amides is 1. The highest BCUT2D eigenvalue weighted by molar-refractivity contribution is 5.93. The first-order valence-corrected chi connectivity index (χ1v) is 5.47. The first-order valence-electron chi connectivity index (χ1n) is 5.47. The predicted molar refractivity (Wildman–Crippen MR) is 68.4 cm³/mol. The van der Waals surface area contributed by atoms with E-state index in [0.717, 1.165) is 10.9 Å². The SMILES string of the molecule is O=C(Nc1cnc2ccccc2c1)n1ccnc1. The number of carbonyl (C=O) groups excluding carboxylic acids is 1. The maximum Gasteiger partial charge on any atom is 0.331 e. The van der Waals surface area contributed by atoms with Gasteiger partial charge in [0.05, 0.1) is 17.4 Å². The number of hydrogen-bond donors (Lipinski definition) is 1. The first-order chi connectivity index (χ1) is 8.83. The van der Waals surface area contributed by atoms with Crippen LogP contribution in [-0.2, 0) is 0 Å². The molecular weight excluding hydrogens is 228 g/mol. The molecule has 5 nitrogen and oxygen atoms in total. The van der Waals surface area contributed by atoms with Crippen molar-refractivity contribution in [2.75, 3.05) is 5.32 Å². The number of nitrogens with zero attached hydrogens (tertiary/aromatic N) is 3. The summed E-state index contributed by atoms with van der Waals surface area (Å²) in [6.07, 6.45) is 6.23. The predicted octanol–water partition coefficient (Wildman–Crippen LogP) is 2.51. The lowest BCUT2D eigenvalue weighted by molar-refractivity contribution is 0.253. The van der Waals surface area contributed by atoms with Crippen molar-refractivity contribution in [3.05, 3.63) is 55.2 Å². The Hall–Kier alpha value is -2.69. The monoisotopic (exact) mass is 238 g/mol. The van der Waals surface area contributed by atoms with Crippen LogP contribution in [0, 0.1) is 0 Å². The molecule has 0 bridgehead atoms. The third-order valence-electron chi connectivity index (χ3n) is 2.58. The minimum atomic E-state index is -0.260. The van der Waals surface area contributed by atoms with E-state index in [1.807, 2.05) is 30.3 Å². The molecular formula is C13H10N4O. The standard InChI is InChI=1S/C13H10N4O/c18-13(17-6-5-14-9-17)16-11-7-10-3-1-2-4-12(10)15-8-11/h1-9H,(H,16,18). The summed E-state index contributed by atoms with van der Waals surface area (Å²) in [6.45, 7) is 0. The van der Waals surface area contributed by atoms with Crippen molar-refractivity contribution < 1.29 is 4.79 Å². The second kappa shape index (κ2) is 4.29. The number of rotatable bonds is 1. The maximum absolute atomic E-state index is 11.8.